The zero-order valence-electron chi connectivity index (χ0n) is 16.8. The number of hydrogen-bond acceptors (Lipinski definition) is 4. The van der Waals surface area contributed by atoms with Gasteiger partial charge in [-0.05, 0) is 37.2 Å². The summed E-state index contributed by atoms with van der Waals surface area (Å²) < 4.78 is 6.21. The van der Waals surface area contributed by atoms with Crippen LogP contribution in [0.4, 0.5) is 0 Å². The van der Waals surface area contributed by atoms with Crippen LogP contribution in [0.2, 0.25) is 0 Å². The smallest absolute Gasteiger partial charge is 0.223 e. The number of fused-ring (bicyclic) bond motifs is 1. The lowest BCUT2D eigenvalue weighted by Gasteiger charge is -2.41. The molecule has 148 valence electrons. The van der Waals surface area contributed by atoms with Gasteiger partial charge < -0.3 is 14.5 Å². The summed E-state index contributed by atoms with van der Waals surface area (Å²) in [6, 6.07) is 4.94. The molecule has 2 fully saturated rings. The minimum atomic E-state index is 0.259. The maximum atomic E-state index is 12.3. The van der Waals surface area contributed by atoms with Gasteiger partial charge in [0.15, 0.2) is 0 Å². The Kier molecular flexibility index (Phi) is 5.67. The van der Waals surface area contributed by atoms with Gasteiger partial charge >= 0.3 is 0 Å². The van der Waals surface area contributed by atoms with Crippen molar-refractivity contribution in [1.29, 1.82) is 0 Å². The molecule has 5 nitrogen and oxygen atoms in total. The zero-order chi connectivity index (χ0) is 18.8. The topological polar surface area (TPSA) is 45.7 Å². The van der Waals surface area contributed by atoms with Gasteiger partial charge in [-0.25, -0.2) is 4.98 Å². The lowest BCUT2D eigenvalue weighted by atomic mass is 9.90. The molecule has 1 saturated heterocycles. The third-order valence-electron chi connectivity index (χ3n) is 6.31. The normalized spacial score (nSPS) is 21.8. The molecule has 3 aliphatic rings. The van der Waals surface area contributed by atoms with E-state index in [2.05, 4.69) is 24.8 Å². The fraction of sp³-hybridized carbons (Fsp3) is 0.727. The van der Waals surface area contributed by atoms with Gasteiger partial charge in [0.2, 0.25) is 11.8 Å². The Morgan fingerprint density at radius 3 is 2.63 bits per heavy atom. The molecule has 1 saturated carbocycles. The number of carbonyl (C=O) groups excluding carboxylic acids is 1. The molecule has 3 heterocycles. The molecular formula is C22H33N3O2. The minimum Gasteiger partial charge on any atom is -0.474 e. The van der Waals surface area contributed by atoms with Crippen LogP contribution in [0.25, 0.3) is 0 Å². The van der Waals surface area contributed by atoms with Crippen molar-refractivity contribution >= 4 is 5.91 Å². The van der Waals surface area contributed by atoms with Crippen molar-refractivity contribution in [3.8, 4) is 5.88 Å². The summed E-state index contributed by atoms with van der Waals surface area (Å²) in [6.45, 7) is 7.97. The van der Waals surface area contributed by atoms with Gasteiger partial charge in [-0.1, -0.05) is 26.3 Å². The van der Waals surface area contributed by atoms with Crippen LogP contribution in [0, 0.1) is 5.92 Å². The molecule has 0 aromatic carbocycles. The Labute approximate surface area is 163 Å². The summed E-state index contributed by atoms with van der Waals surface area (Å²) in [4.78, 5) is 21.7. The number of piperidine rings is 1. The lowest BCUT2D eigenvalue weighted by molar-refractivity contribution is -0.132. The number of rotatable bonds is 5. The van der Waals surface area contributed by atoms with Crippen LogP contribution in [0.1, 0.15) is 63.6 Å². The first-order valence-corrected chi connectivity index (χ1v) is 10.8. The number of likely N-dealkylation sites (tertiary alicyclic amines) is 1. The number of carbonyl (C=O) groups is 1. The van der Waals surface area contributed by atoms with E-state index in [0.29, 0.717) is 25.0 Å². The van der Waals surface area contributed by atoms with Gasteiger partial charge in [-0.15, -0.1) is 0 Å². The maximum absolute atomic E-state index is 12.3. The van der Waals surface area contributed by atoms with Crippen molar-refractivity contribution in [2.75, 3.05) is 19.6 Å². The molecule has 4 rings (SSSR count). The van der Waals surface area contributed by atoms with Crippen LogP contribution in [-0.4, -0.2) is 52.5 Å². The molecule has 0 unspecified atom stereocenters. The number of amides is 1. The molecule has 0 radical (unpaired) electrons. The molecule has 0 spiro atoms. The Hall–Kier alpha value is -1.62. The molecule has 1 aromatic rings. The number of hydrogen-bond donors (Lipinski definition) is 0. The summed E-state index contributed by atoms with van der Waals surface area (Å²) in [7, 11) is 0. The molecule has 1 aromatic heterocycles. The quantitative estimate of drug-likeness (QED) is 0.796. The predicted octanol–water partition coefficient (Wildman–Crippen LogP) is 3.41. The second kappa shape index (κ2) is 8.17. The van der Waals surface area contributed by atoms with Crippen molar-refractivity contribution in [3.63, 3.8) is 0 Å². The number of ether oxygens (including phenoxy) is 1. The average molecular weight is 372 g/mol. The molecule has 1 aliphatic carbocycles. The second-order valence-corrected chi connectivity index (χ2v) is 8.86. The maximum Gasteiger partial charge on any atom is 0.223 e. The zero-order valence-corrected chi connectivity index (χ0v) is 16.8. The monoisotopic (exact) mass is 371 g/mol. The third-order valence-corrected chi connectivity index (χ3v) is 6.31. The molecule has 0 bridgehead atoms. The molecule has 27 heavy (non-hydrogen) atoms. The molecule has 2 aliphatic heterocycles. The van der Waals surface area contributed by atoms with E-state index < -0.39 is 0 Å². The summed E-state index contributed by atoms with van der Waals surface area (Å²) in [6.07, 6.45) is 8.13. The van der Waals surface area contributed by atoms with Crippen LogP contribution in [0.15, 0.2) is 12.1 Å². The SMILES string of the molecule is CC(C)CC(=O)N1CCc2nc(OC3CCN(C4CCC4)CC3)ccc2C1. The highest BCUT2D eigenvalue weighted by Gasteiger charge is 2.29. The number of nitrogens with zero attached hydrogens (tertiary/aromatic N) is 3. The van der Waals surface area contributed by atoms with Crippen molar-refractivity contribution in [1.82, 2.24) is 14.8 Å². The van der Waals surface area contributed by atoms with Gasteiger partial charge in [-0.3, -0.25) is 4.79 Å². The van der Waals surface area contributed by atoms with Gasteiger partial charge in [0.1, 0.15) is 6.10 Å². The fourth-order valence-corrected chi connectivity index (χ4v) is 4.43. The first-order chi connectivity index (χ1) is 13.1. The first-order valence-electron chi connectivity index (χ1n) is 10.8. The van der Waals surface area contributed by atoms with Gasteiger partial charge in [0.05, 0.1) is 5.69 Å². The Balaban J connectivity index is 1.31. The van der Waals surface area contributed by atoms with Crippen molar-refractivity contribution in [3.05, 3.63) is 23.4 Å². The molecular weight excluding hydrogens is 338 g/mol. The average Bonchev–Trinajstić information content (AvgIpc) is 2.61. The van der Waals surface area contributed by atoms with Crippen LogP contribution in [-0.2, 0) is 17.8 Å². The lowest BCUT2D eigenvalue weighted by Crippen LogP contribution is -2.46. The molecule has 0 atom stereocenters. The van der Waals surface area contributed by atoms with E-state index in [-0.39, 0.29) is 5.91 Å². The molecule has 0 N–H and O–H groups in total. The standard InChI is InChI=1S/C22H33N3O2/c1-16(2)14-22(26)25-13-10-20-17(15-25)6-7-21(23-20)27-19-8-11-24(12-9-19)18-4-3-5-18/h6-7,16,18-19H,3-5,8-15H2,1-2H3. The first kappa shape index (κ1) is 18.7. The van der Waals surface area contributed by atoms with E-state index in [0.717, 1.165) is 56.5 Å². The van der Waals surface area contributed by atoms with Gasteiger partial charge in [-0.2, -0.15) is 0 Å². The highest BCUT2D eigenvalue weighted by molar-refractivity contribution is 5.76. The van der Waals surface area contributed by atoms with E-state index in [9.17, 15) is 4.79 Å². The van der Waals surface area contributed by atoms with E-state index in [4.69, 9.17) is 9.72 Å². The molecule has 1 amide bonds. The fourth-order valence-electron chi connectivity index (χ4n) is 4.43. The van der Waals surface area contributed by atoms with Gasteiger partial charge in [0, 0.05) is 51.1 Å². The summed E-state index contributed by atoms with van der Waals surface area (Å²) in [5.74, 6) is 1.43. The van der Waals surface area contributed by atoms with Crippen molar-refractivity contribution in [2.45, 2.75) is 77.5 Å². The van der Waals surface area contributed by atoms with E-state index in [1.807, 2.05) is 11.0 Å². The van der Waals surface area contributed by atoms with E-state index in [1.54, 1.807) is 0 Å². The van der Waals surface area contributed by atoms with Crippen LogP contribution in [0.3, 0.4) is 0 Å². The van der Waals surface area contributed by atoms with Crippen LogP contribution in [0.5, 0.6) is 5.88 Å². The van der Waals surface area contributed by atoms with Gasteiger partial charge in [0.25, 0.3) is 0 Å². The number of aromatic nitrogens is 1. The number of pyridine rings is 1. The largest absolute Gasteiger partial charge is 0.474 e. The minimum absolute atomic E-state index is 0.259. The second-order valence-electron chi connectivity index (χ2n) is 8.86. The Bertz CT molecular complexity index is 664. The van der Waals surface area contributed by atoms with E-state index >= 15 is 0 Å². The van der Waals surface area contributed by atoms with Crippen molar-refractivity contribution in [2.24, 2.45) is 5.92 Å². The van der Waals surface area contributed by atoms with Crippen molar-refractivity contribution < 1.29 is 9.53 Å². The Morgan fingerprint density at radius 2 is 1.96 bits per heavy atom. The van der Waals surface area contributed by atoms with Crippen LogP contribution < -0.4 is 4.74 Å². The highest BCUT2D eigenvalue weighted by atomic mass is 16.5. The highest BCUT2D eigenvalue weighted by Crippen LogP contribution is 2.29. The van der Waals surface area contributed by atoms with Crippen LogP contribution >= 0.6 is 0 Å². The summed E-state index contributed by atoms with van der Waals surface area (Å²) in [5, 5.41) is 0. The van der Waals surface area contributed by atoms with E-state index in [1.165, 1.54) is 24.8 Å². The molecule has 5 heteroatoms. The third kappa shape index (κ3) is 4.45. The Morgan fingerprint density at radius 1 is 1.19 bits per heavy atom. The summed E-state index contributed by atoms with van der Waals surface area (Å²) in [5.41, 5.74) is 2.28. The predicted molar refractivity (Wildman–Crippen MR) is 106 cm³/mol. The summed E-state index contributed by atoms with van der Waals surface area (Å²) >= 11 is 0.